The molecule has 0 atom stereocenters. The Morgan fingerprint density at radius 1 is 1.26 bits per heavy atom. The summed E-state index contributed by atoms with van der Waals surface area (Å²) in [6.45, 7) is 0. The van der Waals surface area contributed by atoms with Crippen LogP contribution in [0.5, 0.6) is 0 Å². The van der Waals surface area contributed by atoms with E-state index in [9.17, 15) is 27.9 Å². The Bertz CT molecular complexity index is 540. The summed E-state index contributed by atoms with van der Waals surface area (Å²) in [5.74, 6) is -2.50. The van der Waals surface area contributed by atoms with Gasteiger partial charge in [0.25, 0.3) is 0 Å². The molecule has 0 saturated heterocycles. The molecule has 1 N–H and O–H groups in total. The molecule has 0 heterocycles. The second kappa shape index (κ2) is 5.75. The number of rotatable bonds is 3. The number of hydrogen-bond donors (Lipinski definition) is 1. The molecule has 0 aliphatic carbocycles. The summed E-state index contributed by atoms with van der Waals surface area (Å²) in [5, 5.41) is 11.6. The zero-order chi connectivity index (χ0) is 14.6. The number of carbonyl (C=O) groups excluding carboxylic acids is 2. The van der Waals surface area contributed by atoms with E-state index in [4.69, 9.17) is 11.6 Å². The van der Waals surface area contributed by atoms with E-state index in [0.29, 0.717) is 18.2 Å². The first-order valence-electron chi connectivity index (χ1n) is 4.77. The first-order chi connectivity index (χ1) is 8.70. The normalized spacial score (nSPS) is 11.6. The summed E-state index contributed by atoms with van der Waals surface area (Å²) >= 11 is 5.39. The van der Waals surface area contributed by atoms with E-state index >= 15 is 0 Å². The van der Waals surface area contributed by atoms with Gasteiger partial charge >= 0.3 is 6.18 Å². The molecule has 8 heteroatoms. The Morgan fingerprint density at radius 3 is 2.42 bits per heavy atom. The van der Waals surface area contributed by atoms with Gasteiger partial charge in [-0.1, -0.05) is 11.6 Å². The number of aliphatic carboxylic acids is 1. The molecular weight excluding hydrogens is 287 g/mol. The third kappa shape index (κ3) is 4.63. The number of alkyl halides is 3. The molecule has 1 amide bonds. The van der Waals surface area contributed by atoms with Crippen molar-refractivity contribution < 1.29 is 27.9 Å². The van der Waals surface area contributed by atoms with Gasteiger partial charge in [0.05, 0.1) is 16.6 Å². The lowest BCUT2D eigenvalue weighted by atomic mass is 10.2. The number of benzene rings is 1. The van der Waals surface area contributed by atoms with Gasteiger partial charge in [-0.05, 0) is 24.3 Å². The third-order valence-electron chi connectivity index (χ3n) is 1.91. The smallest absolute Gasteiger partial charge is 0.417 e. The van der Waals surface area contributed by atoms with Crippen LogP contribution in [0.25, 0.3) is 0 Å². The van der Waals surface area contributed by atoms with Gasteiger partial charge in [0.1, 0.15) is 0 Å². The maximum Gasteiger partial charge on any atom is 0.417 e. The first-order valence-corrected chi connectivity index (χ1v) is 5.14. The predicted octanol–water partition coefficient (Wildman–Crippen LogP) is 1.60. The molecule has 1 rings (SSSR count). The zero-order valence-corrected chi connectivity index (χ0v) is 9.88. The molecule has 0 unspecified atom stereocenters. The van der Waals surface area contributed by atoms with Crippen LogP contribution in [0.2, 0.25) is 5.02 Å². The van der Waals surface area contributed by atoms with Crippen molar-refractivity contribution in [1.29, 1.82) is 0 Å². The lowest BCUT2D eigenvalue weighted by Crippen LogP contribution is -2.20. The SMILES string of the molecule is O=C([O-])/C=C/C(=O)Nc1ccc(Cl)c(C(F)(F)F)c1. The fourth-order valence-electron chi connectivity index (χ4n) is 1.15. The molecule has 0 aliphatic rings. The van der Waals surface area contributed by atoms with E-state index in [0.717, 1.165) is 12.1 Å². The maximum atomic E-state index is 12.5. The van der Waals surface area contributed by atoms with Gasteiger partial charge in [0.15, 0.2) is 0 Å². The van der Waals surface area contributed by atoms with Crippen molar-refractivity contribution in [2.45, 2.75) is 6.18 Å². The van der Waals surface area contributed by atoms with Gasteiger partial charge in [-0.2, -0.15) is 13.2 Å². The lowest BCUT2D eigenvalue weighted by Gasteiger charge is -2.11. The van der Waals surface area contributed by atoms with Crippen LogP contribution >= 0.6 is 11.6 Å². The highest BCUT2D eigenvalue weighted by Gasteiger charge is 2.33. The molecule has 0 fully saturated rings. The number of carboxylic acids is 1. The molecule has 0 saturated carbocycles. The summed E-state index contributed by atoms with van der Waals surface area (Å²) in [4.78, 5) is 21.2. The van der Waals surface area contributed by atoms with Gasteiger partial charge in [-0.25, -0.2) is 0 Å². The molecule has 0 aliphatic heterocycles. The molecule has 1 aromatic rings. The van der Waals surface area contributed by atoms with Crippen LogP contribution in [-0.2, 0) is 15.8 Å². The Hall–Kier alpha value is -2.02. The van der Waals surface area contributed by atoms with Crippen molar-refractivity contribution in [3.8, 4) is 0 Å². The zero-order valence-electron chi connectivity index (χ0n) is 9.12. The van der Waals surface area contributed by atoms with Crippen molar-refractivity contribution in [2.75, 3.05) is 5.32 Å². The summed E-state index contributed by atoms with van der Waals surface area (Å²) < 4.78 is 37.6. The summed E-state index contributed by atoms with van der Waals surface area (Å²) in [6.07, 6.45) is -3.58. The molecular formula is C11H6ClF3NO3-. The molecule has 1 aromatic carbocycles. The van der Waals surface area contributed by atoms with Crippen molar-refractivity contribution in [3.05, 3.63) is 40.9 Å². The van der Waals surface area contributed by atoms with Crippen LogP contribution in [0.15, 0.2) is 30.4 Å². The monoisotopic (exact) mass is 292 g/mol. The van der Waals surface area contributed by atoms with E-state index in [1.54, 1.807) is 0 Å². The number of anilines is 1. The fraction of sp³-hybridized carbons (Fsp3) is 0.0909. The van der Waals surface area contributed by atoms with Crippen LogP contribution < -0.4 is 10.4 Å². The quantitative estimate of drug-likeness (QED) is 0.860. The minimum absolute atomic E-state index is 0.162. The number of carboxylic acid groups (broad SMARTS) is 1. The highest BCUT2D eigenvalue weighted by atomic mass is 35.5. The highest BCUT2D eigenvalue weighted by Crippen LogP contribution is 2.36. The van der Waals surface area contributed by atoms with Crippen LogP contribution in [0, 0.1) is 0 Å². The standard InChI is InChI=1S/C11H7ClF3NO3/c12-8-2-1-6(5-7(8)11(13,14)15)16-9(17)3-4-10(18)19/h1-5H,(H,16,17)(H,18,19)/p-1/b4-3+. The Labute approximate surface area is 110 Å². The molecule has 102 valence electrons. The van der Waals surface area contributed by atoms with Gasteiger partial charge in [0, 0.05) is 11.8 Å². The average Bonchev–Trinajstić information content (AvgIpc) is 2.27. The van der Waals surface area contributed by atoms with Crippen LogP contribution in [0.4, 0.5) is 18.9 Å². The van der Waals surface area contributed by atoms with E-state index in [1.807, 2.05) is 0 Å². The Kier molecular flexibility index (Phi) is 4.55. The summed E-state index contributed by atoms with van der Waals surface area (Å²) in [7, 11) is 0. The number of halogens is 4. The van der Waals surface area contributed by atoms with E-state index in [-0.39, 0.29) is 5.69 Å². The van der Waals surface area contributed by atoms with Crippen LogP contribution in [-0.4, -0.2) is 11.9 Å². The van der Waals surface area contributed by atoms with Gasteiger partial charge in [0.2, 0.25) is 5.91 Å². The Morgan fingerprint density at radius 2 is 1.89 bits per heavy atom. The first kappa shape index (κ1) is 15.0. The highest BCUT2D eigenvalue weighted by molar-refractivity contribution is 6.31. The number of amides is 1. The topological polar surface area (TPSA) is 69.2 Å². The summed E-state index contributed by atoms with van der Waals surface area (Å²) in [6, 6.07) is 2.78. The maximum absolute atomic E-state index is 12.5. The van der Waals surface area contributed by atoms with Gasteiger partial charge in [-0.3, -0.25) is 4.79 Å². The average molecular weight is 293 g/mol. The largest absolute Gasteiger partial charge is 0.545 e. The minimum atomic E-state index is -4.65. The van der Waals surface area contributed by atoms with Gasteiger partial charge < -0.3 is 15.2 Å². The van der Waals surface area contributed by atoms with Crippen molar-refractivity contribution in [2.24, 2.45) is 0 Å². The molecule has 0 bridgehead atoms. The number of carbonyl (C=O) groups is 2. The van der Waals surface area contributed by atoms with E-state index < -0.39 is 28.6 Å². The second-order valence-electron chi connectivity index (χ2n) is 3.33. The summed E-state index contributed by atoms with van der Waals surface area (Å²) in [5.41, 5.74) is -1.26. The van der Waals surface area contributed by atoms with Crippen molar-refractivity contribution in [3.63, 3.8) is 0 Å². The number of hydrogen-bond acceptors (Lipinski definition) is 3. The molecule has 19 heavy (non-hydrogen) atoms. The minimum Gasteiger partial charge on any atom is -0.545 e. The molecule has 0 spiro atoms. The van der Waals surface area contributed by atoms with Gasteiger partial charge in [-0.15, -0.1) is 0 Å². The fourth-order valence-corrected chi connectivity index (χ4v) is 1.37. The lowest BCUT2D eigenvalue weighted by molar-refractivity contribution is -0.297. The molecule has 4 nitrogen and oxygen atoms in total. The van der Waals surface area contributed by atoms with Crippen molar-refractivity contribution in [1.82, 2.24) is 0 Å². The van der Waals surface area contributed by atoms with E-state index in [2.05, 4.69) is 5.32 Å². The van der Waals surface area contributed by atoms with E-state index in [1.165, 1.54) is 0 Å². The van der Waals surface area contributed by atoms with Crippen LogP contribution in [0.1, 0.15) is 5.56 Å². The molecule has 0 aromatic heterocycles. The second-order valence-corrected chi connectivity index (χ2v) is 3.74. The van der Waals surface area contributed by atoms with Crippen molar-refractivity contribution >= 4 is 29.2 Å². The Balaban J connectivity index is 2.92. The number of nitrogens with one attached hydrogen (secondary N) is 1. The third-order valence-corrected chi connectivity index (χ3v) is 2.24. The predicted molar refractivity (Wildman–Crippen MR) is 59.2 cm³/mol. The molecule has 0 radical (unpaired) electrons. The van der Waals surface area contributed by atoms with Crippen LogP contribution in [0.3, 0.4) is 0 Å².